The van der Waals surface area contributed by atoms with Gasteiger partial charge in [-0.2, -0.15) is 5.26 Å². The molecule has 25 heavy (non-hydrogen) atoms. The van der Waals surface area contributed by atoms with Crippen LogP contribution in [0.4, 0.5) is 4.39 Å². The number of nitriles is 1. The van der Waals surface area contributed by atoms with Crippen molar-refractivity contribution in [3.8, 4) is 11.8 Å². The van der Waals surface area contributed by atoms with Crippen LogP contribution in [0.15, 0.2) is 52.5 Å². The van der Waals surface area contributed by atoms with Gasteiger partial charge in [-0.25, -0.2) is 9.18 Å². The third-order valence-electron chi connectivity index (χ3n) is 3.23. The molecule has 4 nitrogen and oxygen atoms in total. The molecule has 0 spiro atoms. The molecule has 0 aliphatic heterocycles. The lowest BCUT2D eigenvalue weighted by Gasteiger charge is -2.11. The van der Waals surface area contributed by atoms with Gasteiger partial charge in [0.25, 0.3) is 0 Å². The summed E-state index contributed by atoms with van der Waals surface area (Å²) >= 11 is 3.34. The maximum Gasteiger partial charge on any atom is 0.348 e. The summed E-state index contributed by atoms with van der Waals surface area (Å²) in [4.78, 5) is 11.8. The number of hydrogen-bond donors (Lipinski definition) is 0. The Morgan fingerprint density at radius 3 is 2.76 bits per heavy atom. The highest BCUT2D eigenvalue weighted by molar-refractivity contribution is 9.10. The first-order chi connectivity index (χ1) is 12.0. The van der Waals surface area contributed by atoms with E-state index in [2.05, 4.69) is 15.9 Å². The Balaban J connectivity index is 2.29. The van der Waals surface area contributed by atoms with E-state index < -0.39 is 5.97 Å². The van der Waals surface area contributed by atoms with Gasteiger partial charge in [0.15, 0.2) is 0 Å². The largest absolute Gasteiger partial charge is 0.488 e. The standard InChI is InChI=1S/C19H15BrFNO3/c1-2-24-19(23)15(11-22)9-14-10-16(20)7-8-18(14)25-12-13-5-3-4-6-17(13)21/h3-10H,2,12H2,1H3/b15-9+. The van der Waals surface area contributed by atoms with Gasteiger partial charge >= 0.3 is 5.97 Å². The van der Waals surface area contributed by atoms with Crippen LogP contribution in [-0.2, 0) is 16.1 Å². The fourth-order valence-corrected chi connectivity index (χ4v) is 2.41. The maximum absolute atomic E-state index is 13.7. The monoisotopic (exact) mass is 403 g/mol. The van der Waals surface area contributed by atoms with E-state index in [0.717, 1.165) is 4.47 Å². The van der Waals surface area contributed by atoms with E-state index in [1.165, 1.54) is 12.1 Å². The molecule has 0 heterocycles. The predicted molar refractivity (Wildman–Crippen MR) is 95.1 cm³/mol. The molecule has 0 unspecified atom stereocenters. The quantitative estimate of drug-likeness (QED) is 0.400. The topological polar surface area (TPSA) is 59.3 Å². The molecule has 0 aliphatic carbocycles. The van der Waals surface area contributed by atoms with E-state index in [9.17, 15) is 9.18 Å². The van der Waals surface area contributed by atoms with Crippen LogP contribution in [0.1, 0.15) is 18.1 Å². The molecule has 2 rings (SSSR count). The van der Waals surface area contributed by atoms with E-state index in [1.807, 2.05) is 6.07 Å². The fourth-order valence-electron chi connectivity index (χ4n) is 2.04. The Morgan fingerprint density at radius 2 is 2.08 bits per heavy atom. The molecule has 128 valence electrons. The second kappa shape index (κ2) is 9.00. The Kier molecular flexibility index (Phi) is 6.72. The molecule has 0 atom stereocenters. The van der Waals surface area contributed by atoms with Crippen LogP contribution in [0, 0.1) is 17.1 Å². The molecule has 0 aliphatic rings. The Hall–Kier alpha value is -2.65. The van der Waals surface area contributed by atoms with Crippen molar-refractivity contribution in [2.75, 3.05) is 6.61 Å². The van der Waals surface area contributed by atoms with Crippen molar-refractivity contribution in [1.29, 1.82) is 5.26 Å². The number of hydrogen-bond acceptors (Lipinski definition) is 4. The lowest BCUT2D eigenvalue weighted by Crippen LogP contribution is -2.06. The van der Waals surface area contributed by atoms with Crippen molar-refractivity contribution in [3.05, 3.63) is 69.5 Å². The Bertz CT molecular complexity index is 843. The van der Waals surface area contributed by atoms with Crippen LogP contribution < -0.4 is 4.74 Å². The molecular formula is C19H15BrFNO3. The summed E-state index contributed by atoms with van der Waals surface area (Å²) in [6, 6.07) is 13.3. The molecule has 0 fully saturated rings. The van der Waals surface area contributed by atoms with Crippen molar-refractivity contribution in [1.82, 2.24) is 0 Å². The van der Waals surface area contributed by atoms with Crippen LogP contribution in [0.2, 0.25) is 0 Å². The number of carbonyl (C=O) groups is 1. The highest BCUT2D eigenvalue weighted by atomic mass is 79.9. The Labute approximate surface area is 153 Å². The molecule has 0 radical (unpaired) electrons. The van der Waals surface area contributed by atoms with E-state index in [4.69, 9.17) is 14.7 Å². The normalized spacial score (nSPS) is 10.9. The average Bonchev–Trinajstić information content (AvgIpc) is 2.60. The summed E-state index contributed by atoms with van der Waals surface area (Å²) in [5.41, 5.74) is 0.775. The average molecular weight is 404 g/mol. The van der Waals surface area contributed by atoms with E-state index in [1.54, 1.807) is 43.3 Å². The summed E-state index contributed by atoms with van der Waals surface area (Å²) in [5, 5.41) is 9.17. The van der Waals surface area contributed by atoms with Gasteiger partial charge in [-0.15, -0.1) is 0 Å². The summed E-state index contributed by atoms with van der Waals surface area (Å²) in [6.45, 7) is 1.86. The van der Waals surface area contributed by atoms with E-state index >= 15 is 0 Å². The lowest BCUT2D eigenvalue weighted by atomic mass is 10.1. The molecule has 0 N–H and O–H groups in total. The minimum Gasteiger partial charge on any atom is -0.488 e. The van der Waals surface area contributed by atoms with Gasteiger partial charge in [-0.3, -0.25) is 0 Å². The first kappa shape index (κ1) is 18.7. The molecule has 6 heteroatoms. The van der Waals surface area contributed by atoms with Gasteiger partial charge in [-0.1, -0.05) is 34.1 Å². The maximum atomic E-state index is 13.7. The lowest BCUT2D eigenvalue weighted by molar-refractivity contribution is -0.137. The first-order valence-electron chi connectivity index (χ1n) is 7.49. The zero-order valence-electron chi connectivity index (χ0n) is 13.5. The SMILES string of the molecule is CCOC(=O)/C(C#N)=C/c1cc(Br)ccc1OCc1ccccc1F. The summed E-state index contributed by atoms with van der Waals surface area (Å²) in [7, 11) is 0. The van der Waals surface area contributed by atoms with Crippen molar-refractivity contribution in [2.24, 2.45) is 0 Å². The molecule has 0 saturated carbocycles. The van der Waals surface area contributed by atoms with Crippen molar-refractivity contribution in [3.63, 3.8) is 0 Å². The van der Waals surface area contributed by atoms with Gasteiger partial charge in [0, 0.05) is 15.6 Å². The molecule has 2 aromatic carbocycles. The molecule has 0 saturated heterocycles. The van der Waals surface area contributed by atoms with Crippen LogP contribution >= 0.6 is 15.9 Å². The van der Waals surface area contributed by atoms with Crippen LogP contribution in [0.5, 0.6) is 5.75 Å². The minimum atomic E-state index is -0.704. The second-order valence-corrected chi connectivity index (χ2v) is 5.87. The van der Waals surface area contributed by atoms with Gasteiger partial charge in [-0.05, 0) is 37.3 Å². The minimum absolute atomic E-state index is 0.0242. The number of halogens is 2. The van der Waals surface area contributed by atoms with Gasteiger partial charge in [0.2, 0.25) is 0 Å². The Morgan fingerprint density at radius 1 is 1.32 bits per heavy atom. The number of carbonyl (C=O) groups excluding carboxylic acids is 1. The van der Waals surface area contributed by atoms with Crippen LogP contribution in [-0.4, -0.2) is 12.6 Å². The van der Waals surface area contributed by atoms with Crippen molar-refractivity contribution < 1.29 is 18.7 Å². The smallest absolute Gasteiger partial charge is 0.348 e. The zero-order valence-corrected chi connectivity index (χ0v) is 15.0. The third-order valence-corrected chi connectivity index (χ3v) is 3.72. The van der Waals surface area contributed by atoms with Gasteiger partial charge in [0.05, 0.1) is 6.61 Å². The number of ether oxygens (including phenoxy) is 2. The molecular weight excluding hydrogens is 389 g/mol. The summed E-state index contributed by atoms with van der Waals surface area (Å²) in [5.74, 6) is -0.644. The van der Waals surface area contributed by atoms with Gasteiger partial charge in [0.1, 0.15) is 29.8 Å². The van der Waals surface area contributed by atoms with Crippen LogP contribution in [0.3, 0.4) is 0 Å². The molecule has 0 amide bonds. The number of nitrogens with zero attached hydrogens (tertiary/aromatic N) is 1. The molecule has 0 aromatic heterocycles. The van der Waals surface area contributed by atoms with E-state index in [-0.39, 0.29) is 24.6 Å². The van der Waals surface area contributed by atoms with Crippen LogP contribution in [0.25, 0.3) is 6.08 Å². The number of esters is 1. The summed E-state index contributed by atoms with van der Waals surface area (Å²) < 4.78 is 25.0. The van der Waals surface area contributed by atoms with Gasteiger partial charge < -0.3 is 9.47 Å². The zero-order chi connectivity index (χ0) is 18.2. The molecule has 0 bridgehead atoms. The number of benzene rings is 2. The number of rotatable bonds is 6. The highest BCUT2D eigenvalue weighted by Crippen LogP contribution is 2.27. The predicted octanol–water partition coefficient (Wildman–Crippen LogP) is 4.64. The molecule has 2 aromatic rings. The third kappa shape index (κ3) is 5.16. The summed E-state index contributed by atoms with van der Waals surface area (Å²) in [6.07, 6.45) is 1.39. The second-order valence-electron chi connectivity index (χ2n) is 4.95. The highest BCUT2D eigenvalue weighted by Gasteiger charge is 2.12. The fraction of sp³-hybridized carbons (Fsp3) is 0.158. The van der Waals surface area contributed by atoms with E-state index in [0.29, 0.717) is 16.9 Å². The van der Waals surface area contributed by atoms with Crippen molar-refractivity contribution in [2.45, 2.75) is 13.5 Å². The van der Waals surface area contributed by atoms with Crippen molar-refractivity contribution >= 4 is 28.0 Å². The first-order valence-corrected chi connectivity index (χ1v) is 8.29.